The van der Waals surface area contributed by atoms with Crippen LogP contribution in [0.2, 0.25) is 0 Å². The van der Waals surface area contributed by atoms with E-state index in [-0.39, 0.29) is 17.5 Å². The summed E-state index contributed by atoms with van der Waals surface area (Å²) >= 11 is 0. The minimum atomic E-state index is -0.773. The average molecular weight is 294 g/mol. The van der Waals surface area contributed by atoms with Crippen LogP contribution in [0.25, 0.3) is 0 Å². The van der Waals surface area contributed by atoms with Crippen LogP contribution < -0.4 is 0 Å². The molecule has 2 aliphatic heterocycles. The fraction of sp³-hybridized carbons (Fsp3) is 0.562. The Morgan fingerprint density at radius 2 is 1.86 bits per heavy atom. The number of amides is 1. The maximum absolute atomic E-state index is 13.8. The van der Waals surface area contributed by atoms with E-state index in [4.69, 9.17) is 0 Å². The van der Waals surface area contributed by atoms with Crippen molar-refractivity contribution >= 4 is 5.91 Å². The zero-order chi connectivity index (χ0) is 15.0. The second kappa shape index (κ2) is 5.72. The van der Waals surface area contributed by atoms with Crippen molar-refractivity contribution in [3.05, 3.63) is 35.4 Å². The van der Waals surface area contributed by atoms with E-state index in [1.54, 1.807) is 4.90 Å². The molecule has 0 saturated carbocycles. The molecule has 1 aromatic rings. The zero-order valence-electron chi connectivity index (χ0n) is 12.2. The highest BCUT2D eigenvalue weighted by Gasteiger charge is 2.39. The lowest BCUT2D eigenvalue weighted by Gasteiger charge is -2.33. The SMILES string of the molecule is CN1CCC[C@@H]1[C@H]1CCCN1C(=O)c1ccc(F)cc1F. The first-order valence-electron chi connectivity index (χ1n) is 7.54. The van der Waals surface area contributed by atoms with Crippen LogP contribution in [0.5, 0.6) is 0 Å². The van der Waals surface area contributed by atoms with Gasteiger partial charge in [-0.1, -0.05) is 0 Å². The monoisotopic (exact) mass is 294 g/mol. The summed E-state index contributed by atoms with van der Waals surface area (Å²) in [7, 11) is 2.08. The first-order chi connectivity index (χ1) is 10.1. The van der Waals surface area contributed by atoms with Gasteiger partial charge in [0.15, 0.2) is 0 Å². The average Bonchev–Trinajstić information content (AvgIpc) is 3.06. The number of carbonyl (C=O) groups is 1. The Hall–Kier alpha value is -1.49. The highest BCUT2D eigenvalue weighted by Crippen LogP contribution is 2.30. The maximum atomic E-state index is 13.8. The van der Waals surface area contributed by atoms with Gasteiger partial charge in [0, 0.05) is 24.7 Å². The van der Waals surface area contributed by atoms with Gasteiger partial charge in [0.1, 0.15) is 11.6 Å². The Morgan fingerprint density at radius 3 is 2.52 bits per heavy atom. The lowest BCUT2D eigenvalue weighted by molar-refractivity contribution is 0.0659. The van der Waals surface area contributed by atoms with Crippen molar-refractivity contribution in [2.75, 3.05) is 20.1 Å². The molecule has 2 atom stereocenters. The van der Waals surface area contributed by atoms with Crippen LogP contribution in [0.15, 0.2) is 18.2 Å². The molecule has 2 saturated heterocycles. The molecule has 0 unspecified atom stereocenters. The van der Waals surface area contributed by atoms with Crippen LogP contribution in [0.4, 0.5) is 8.78 Å². The number of halogens is 2. The van der Waals surface area contributed by atoms with Crippen molar-refractivity contribution in [3.63, 3.8) is 0 Å². The van der Waals surface area contributed by atoms with Gasteiger partial charge in [-0.2, -0.15) is 0 Å². The third-order valence-corrected chi connectivity index (χ3v) is 4.74. The molecule has 0 aliphatic carbocycles. The highest BCUT2D eigenvalue weighted by atomic mass is 19.1. The van der Waals surface area contributed by atoms with E-state index in [1.165, 1.54) is 6.07 Å². The Labute approximate surface area is 123 Å². The summed E-state index contributed by atoms with van der Waals surface area (Å²) in [4.78, 5) is 16.7. The van der Waals surface area contributed by atoms with Crippen molar-refractivity contribution in [3.8, 4) is 0 Å². The number of benzene rings is 1. The van der Waals surface area contributed by atoms with Crippen molar-refractivity contribution in [1.29, 1.82) is 0 Å². The third kappa shape index (κ3) is 2.67. The smallest absolute Gasteiger partial charge is 0.257 e. The first-order valence-corrected chi connectivity index (χ1v) is 7.54. The Kier molecular flexibility index (Phi) is 3.93. The maximum Gasteiger partial charge on any atom is 0.257 e. The second-order valence-electron chi connectivity index (χ2n) is 6.02. The second-order valence-corrected chi connectivity index (χ2v) is 6.02. The predicted molar refractivity (Wildman–Crippen MR) is 76.1 cm³/mol. The van der Waals surface area contributed by atoms with Crippen LogP contribution in [-0.2, 0) is 0 Å². The van der Waals surface area contributed by atoms with E-state index < -0.39 is 11.6 Å². The molecule has 0 radical (unpaired) electrons. The Morgan fingerprint density at radius 1 is 1.14 bits per heavy atom. The minimum Gasteiger partial charge on any atom is -0.334 e. The summed E-state index contributed by atoms with van der Waals surface area (Å²) in [5, 5.41) is 0. The number of likely N-dealkylation sites (N-methyl/N-ethyl adjacent to an activating group) is 1. The molecule has 0 N–H and O–H groups in total. The van der Waals surface area contributed by atoms with Gasteiger partial charge in [0.05, 0.1) is 5.56 Å². The molecule has 3 nitrogen and oxygen atoms in total. The lowest BCUT2D eigenvalue weighted by Crippen LogP contribution is -2.47. The van der Waals surface area contributed by atoms with Crippen LogP contribution in [0, 0.1) is 11.6 Å². The summed E-state index contributed by atoms with van der Waals surface area (Å²) in [5.41, 5.74) is -0.0241. The molecule has 3 rings (SSSR count). The van der Waals surface area contributed by atoms with Crippen molar-refractivity contribution in [2.24, 2.45) is 0 Å². The molecule has 0 aromatic heterocycles. The standard InChI is InChI=1S/C16H20F2N2O/c1-19-8-2-4-14(19)15-5-3-9-20(15)16(21)12-7-6-11(17)10-13(12)18/h6-7,10,14-15H,2-5,8-9H2,1H3/t14-,15-/m1/s1. The molecule has 2 aliphatic rings. The molecule has 114 valence electrons. The number of hydrogen-bond acceptors (Lipinski definition) is 2. The third-order valence-electron chi connectivity index (χ3n) is 4.74. The molecule has 5 heteroatoms. The fourth-order valence-corrected chi connectivity index (χ4v) is 3.68. The van der Waals surface area contributed by atoms with Gasteiger partial charge in [-0.15, -0.1) is 0 Å². The topological polar surface area (TPSA) is 23.6 Å². The normalized spacial score (nSPS) is 26.5. The Balaban J connectivity index is 1.82. The number of likely N-dealkylation sites (tertiary alicyclic amines) is 2. The van der Waals surface area contributed by atoms with Gasteiger partial charge in [0.2, 0.25) is 0 Å². The number of rotatable bonds is 2. The van der Waals surface area contributed by atoms with Gasteiger partial charge in [0.25, 0.3) is 5.91 Å². The summed E-state index contributed by atoms with van der Waals surface area (Å²) in [6.07, 6.45) is 4.13. The molecular weight excluding hydrogens is 274 g/mol. The molecule has 2 fully saturated rings. The number of carbonyl (C=O) groups excluding carboxylic acids is 1. The highest BCUT2D eigenvalue weighted by molar-refractivity contribution is 5.95. The molecule has 21 heavy (non-hydrogen) atoms. The van der Waals surface area contributed by atoms with Gasteiger partial charge in [-0.3, -0.25) is 4.79 Å². The summed E-state index contributed by atoms with van der Waals surface area (Å²) in [6, 6.07) is 3.68. The van der Waals surface area contributed by atoms with Gasteiger partial charge < -0.3 is 9.80 Å². The quantitative estimate of drug-likeness (QED) is 0.837. The van der Waals surface area contributed by atoms with E-state index in [0.717, 1.165) is 44.4 Å². The predicted octanol–water partition coefficient (Wildman–Crippen LogP) is 2.66. The lowest BCUT2D eigenvalue weighted by atomic mass is 10.0. The van der Waals surface area contributed by atoms with Crippen molar-refractivity contribution in [1.82, 2.24) is 9.80 Å². The Bertz CT molecular complexity index is 549. The summed E-state index contributed by atoms with van der Waals surface area (Å²) < 4.78 is 26.8. The first kappa shape index (κ1) is 14.4. The number of nitrogens with zero attached hydrogens (tertiary/aromatic N) is 2. The zero-order valence-corrected chi connectivity index (χ0v) is 12.2. The van der Waals surface area contributed by atoms with E-state index >= 15 is 0 Å². The molecule has 1 aromatic carbocycles. The van der Waals surface area contributed by atoms with Crippen molar-refractivity contribution in [2.45, 2.75) is 37.8 Å². The van der Waals surface area contributed by atoms with E-state index in [9.17, 15) is 13.6 Å². The van der Waals surface area contributed by atoms with E-state index in [1.807, 2.05) is 0 Å². The molecule has 2 heterocycles. The van der Waals surface area contributed by atoms with E-state index in [2.05, 4.69) is 11.9 Å². The van der Waals surface area contributed by atoms with Crippen LogP contribution in [0.3, 0.4) is 0 Å². The van der Waals surface area contributed by atoms with E-state index in [0.29, 0.717) is 12.6 Å². The minimum absolute atomic E-state index is 0.0241. The molecular formula is C16H20F2N2O. The van der Waals surface area contributed by atoms with Gasteiger partial charge in [-0.25, -0.2) is 8.78 Å². The van der Waals surface area contributed by atoms with Crippen LogP contribution in [0.1, 0.15) is 36.0 Å². The molecule has 0 spiro atoms. The molecule has 1 amide bonds. The molecule has 0 bridgehead atoms. The number of hydrogen-bond donors (Lipinski definition) is 0. The van der Waals surface area contributed by atoms with Gasteiger partial charge in [-0.05, 0) is 51.4 Å². The van der Waals surface area contributed by atoms with Crippen LogP contribution in [-0.4, -0.2) is 47.9 Å². The summed E-state index contributed by atoms with van der Waals surface area (Å²) in [6.45, 7) is 1.71. The largest absolute Gasteiger partial charge is 0.334 e. The fourth-order valence-electron chi connectivity index (χ4n) is 3.68. The van der Waals surface area contributed by atoms with Gasteiger partial charge >= 0.3 is 0 Å². The summed E-state index contributed by atoms with van der Waals surface area (Å²) in [5.74, 6) is -1.74. The van der Waals surface area contributed by atoms with Crippen molar-refractivity contribution < 1.29 is 13.6 Å². The van der Waals surface area contributed by atoms with Crippen LogP contribution >= 0.6 is 0 Å².